The number of hydrogen-bond donors (Lipinski definition) is 0. The Hall–Kier alpha value is -3.47. The Morgan fingerprint density at radius 3 is 2.29 bits per heavy atom. The van der Waals surface area contributed by atoms with Crippen molar-refractivity contribution in [3.8, 4) is 23.0 Å². The molecule has 0 radical (unpaired) electrons. The van der Waals surface area contributed by atoms with Crippen molar-refractivity contribution in [1.29, 1.82) is 0 Å². The molecule has 1 aliphatic rings. The number of ether oxygens (including phenoxy) is 4. The van der Waals surface area contributed by atoms with Gasteiger partial charge in [0, 0.05) is 24.1 Å². The SMILES string of the molecule is CCCCCCCCCCCC(=O)Oc1ccc2c(c1)OC(c1ccc(OCc3ccccc3)cc1OCC)CC2. The van der Waals surface area contributed by atoms with Crippen LogP contribution < -0.4 is 18.9 Å². The second-order valence-corrected chi connectivity index (χ2v) is 10.9. The van der Waals surface area contributed by atoms with Gasteiger partial charge in [-0.15, -0.1) is 0 Å². The number of esters is 1. The summed E-state index contributed by atoms with van der Waals surface area (Å²) in [6.07, 6.45) is 13.0. The first-order valence-corrected chi connectivity index (χ1v) is 15.6. The van der Waals surface area contributed by atoms with E-state index in [4.69, 9.17) is 18.9 Å². The molecule has 0 N–H and O–H groups in total. The van der Waals surface area contributed by atoms with E-state index in [0.29, 0.717) is 25.4 Å². The zero-order chi connectivity index (χ0) is 28.7. The fraction of sp³-hybridized carbons (Fsp3) is 0.472. The summed E-state index contributed by atoms with van der Waals surface area (Å²) in [5, 5.41) is 0. The van der Waals surface area contributed by atoms with Crippen LogP contribution in [0.15, 0.2) is 66.7 Å². The van der Waals surface area contributed by atoms with Crippen molar-refractivity contribution in [2.45, 2.75) is 104 Å². The lowest BCUT2D eigenvalue weighted by Gasteiger charge is -2.28. The summed E-state index contributed by atoms with van der Waals surface area (Å²) in [6.45, 7) is 5.28. The number of unbranched alkanes of at least 4 members (excludes halogenated alkanes) is 8. The highest BCUT2D eigenvalue weighted by molar-refractivity contribution is 5.72. The van der Waals surface area contributed by atoms with Gasteiger partial charge in [0.2, 0.25) is 0 Å². The summed E-state index contributed by atoms with van der Waals surface area (Å²) in [5.74, 6) is 2.67. The van der Waals surface area contributed by atoms with Gasteiger partial charge >= 0.3 is 5.97 Å². The van der Waals surface area contributed by atoms with Gasteiger partial charge in [0.05, 0.1) is 6.61 Å². The number of aryl methyl sites for hydroxylation is 1. The van der Waals surface area contributed by atoms with E-state index in [1.165, 1.54) is 44.9 Å². The summed E-state index contributed by atoms with van der Waals surface area (Å²) < 4.78 is 24.1. The highest BCUT2D eigenvalue weighted by Crippen LogP contribution is 2.41. The Morgan fingerprint density at radius 2 is 1.54 bits per heavy atom. The van der Waals surface area contributed by atoms with Gasteiger partial charge in [0.25, 0.3) is 0 Å². The van der Waals surface area contributed by atoms with Crippen LogP contribution >= 0.6 is 0 Å². The topological polar surface area (TPSA) is 54.0 Å². The lowest BCUT2D eigenvalue weighted by atomic mass is 9.96. The first kappa shape index (κ1) is 30.5. The normalized spacial score (nSPS) is 14.1. The molecule has 5 heteroatoms. The first-order valence-electron chi connectivity index (χ1n) is 15.6. The minimum absolute atomic E-state index is 0.153. The van der Waals surface area contributed by atoms with Crippen molar-refractivity contribution < 1.29 is 23.7 Å². The predicted octanol–water partition coefficient (Wildman–Crippen LogP) is 9.56. The van der Waals surface area contributed by atoms with Gasteiger partial charge in [-0.2, -0.15) is 0 Å². The van der Waals surface area contributed by atoms with E-state index in [0.717, 1.165) is 59.6 Å². The maximum absolute atomic E-state index is 12.5. The number of hydrogen-bond acceptors (Lipinski definition) is 5. The van der Waals surface area contributed by atoms with Gasteiger partial charge in [-0.05, 0) is 55.5 Å². The molecular formula is C36H46O5. The predicted molar refractivity (Wildman–Crippen MR) is 164 cm³/mol. The van der Waals surface area contributed by atoms with E-state index in [1.54, 1.807) is 0 Å². The molecule has 3 aromatic rings. The molecule has 0 bridgehead atoms. The van der Waals surface area contributed by atoms with Crippen molar-refractivity contribution in [3.63, 3.8) is 0 Å². The fourth-order valence-electron chi connectivity index (χ4n) is 5.29. The second-order valence-electron chi connectivity index (χ2n) is 10.9. The molecule has 220 valence electrons. The molecular weight excluding hydrogens is 512 g/mol. The van der Waals surface area contributed by atoms with Crippen molar-refractivity contribution in [1.82, 2.24) is 0 Å². The summed E-state index contributed by atoms with van der Waals surface area (Å²) in [4.78, 5) is 12.5. The third kappa shape index (κ3) is 9.84. The minimum Gasteiger partial charge on any atom is -0.493 e. The van der Waals surface area contributed by atoms with Gasteiger partial charge in [-0.1, -0.05) is 94.7 Å². The van der Waals surface area contributed by atoms with E-state index in [9.17, 15) is 4.79 Å². The van der Waals surface area contributed by atoms with Crippen LogP contribution in [0.1, 0.15) is 107 Å². The number of benzene rings is 3. The van der Waals surface area contributed by atoms with Crippen LogP contribution in [0.3, 0.4) is 0 Å². The van der Waals surface area contributed by atoms with Crippen LogP contribution in [-0.2, 0) is 17.8 Å². The maximum Gasteiger partial charge on any atom is 0.311 e. The lowest BCUT2D eigenvalue weighted by molar-refractivity contribution is -0.134. The molecule has 4 rings (SSSR count). The summed E-state index contributed by atoms with van der Waals surface area (Å²) in [7, 11) is 0. The molecule has 0 saturated heterocycles. The average Bonchev–Trinajstić information content (AvgIpc) is 2.99. The monoisotopic (exact) mass is 558 g/mol. The van der Waals surface area contributed by atoms with E-state index in [1.807, 2.05) is 73.7 Å². The Balaban J connectivity index is 1.29. The number of carbonyl (C=O) groups is 1. The van der Waals surface area contributed by atoms with Gasteiger partial charge in [0.1, 0.15) is 35.7 Å². The van der Waals surface area contributed by atoms with E-state index < -0.39 is 0 Å². The molecule has 0 amide bonds. The molecule has 0 aliphatic carbocycles. The zero-order valence-electron chi connectivity index (χ0n) is 24.9. The van der Waals surface area contributed by atoms with Crippen molar-refractivity contribution >= 4 is 5.97 Å². The average molecular weight is 559 g/mol. The Labute approximate surface area is 246 Å². The van der Waals surface area contributed by atoms with E-state index in [2.05, 4.69) is 6.92 Å². The summed E-state index contributed by atoms with van der Waals surface area (Å²) in [5.41, 5.74) is 3.24. The van der Waals surface area contributed by atoms with Crippen LogP contribution in [0, 0.1) is 0 Å². The Morgan fingerprint density at radius 1 is 0.805 bits per heavy atom. The zero-order valence-corrected chi connectivity index (χ0v) is 24.9. The van der Waals surface area contributed by atoms with Crippen molar-refractivity contribution in [2.24, 2.45) is 0 Å². The molecule has 1 heterocycles. The van der Waals surface area contributed by atoms with Crippen LogP contribution in [0.25, 0.3) is 0 Å². The Kier molecular flexibility index (Phi) is 12.4. The largest absolute Gasteiger partial charge is 0.493 e. The van der Waals surface area contributed by atoms with Crippen LogP contribution in [-0.4, -0.2) is 12.6 Å². The number of fused-ring (bicyclic) bond motifs is 1. The van der Waals surface area contributed by atoms with Gasteiger partial charge in [-0.25, -0.2) is 0 Å². The molecule has 1 aliphatic heterocycles. The minimum atomic E-state index is -0.176. The molecule has 5 nitrogen and oxygen atoms in total. The molecule has 0 spiro atoms. The third-order valence-corrected chi connectivity index (χ3v) is 7.58. The maximum atomic E-state index is 12.5. The number of rotatable bonds is 17. The smallest absolute Gasteiger partial charge is 0.311 e. The summed E-state index contributed by atoms with van der Waals surface area (Å²) >= 11 is 0. The molecule has 0 fully saturated rings. The third-order valence-electron chi connectivity index (χ3n) is 7.58. The number of carbonyl (C=O) groups excluding carboxylic acids is 1. The molecule has 0 aromatic heterocycles. The first-order chi connectivity index (χ1) is 20.2. The summed E-state index contributed by atoms with van der Waals surface area (Å²) in [6, 6.07) is 21.8. The molecule has 1 unspecified atom stereocenters. The highest BCUT2D eigenvalue weighted by Gasteiger charge is 2.25. The van der Waals surface area contributed by atoms with Gasteiger partial charge in [0.15, 0.2) is 0 Å². The molecule has 1 atom stereocenters. The fourth-order valence-corrected chi connectivity index (χ4v) is 5.29. The Bertz CT molecular complexity index is 1210. The van der Waals surface area contributed by atoms with Crippen molar-refractivity contribution in [3.05, 3.63) is 83.4 Å². The van der Waals surface area contributed by atoms with Crippen LogP contribution in [0.2, 0.25) is 0 Å². The van der Waals surface area contributed by atoms with Gasteiger partial charge < -0.3 is 18.9 Å². The quantitative estimate of drug-likeness (QED) is 0.0938. The van der Waals surface area contributed by atoms with Crippen LogP contribution in [0.5, 0.6) is 23.0 Å². The van der Waals surface area contributed by atoms with E-state index in [-0.39, 0.29) is 12.1 Å². The standard InChI is InChI=1S/C36H46O5/c1-3-5-6-7-8-9-10-11-15-18-36(37)40-31-21-19-29-20-24-33(41-34(29)26-31)32-23-22-30(25-35(32)38-4-2)39-27-28-16-13-12-14-17-28/h12-14,16-17,19,21-23,25-26,33H,3-11,15,18,20,24,27H2,1-2H3. The van der Waals surface area contributed by atoms with Crippen LogP contribution in [0.4, 0.5) is 0 Å². The molecule has 0 saturated carbocycles. The highest BCUT2D eigenvalue weighted by atomic mass is 16.5. The van der Waals surface area contributed by atoms with E-state index >= 15 is 0 Å². The second kappa shape index (κ2) is 16.7. The van der Waals surface area contributed by atoms with Crippen molar-refractivity contribution in [2.75, 3.05) is 6.61 Å². The molecule has 3 aromatic carbocycles. The van der Waals surface area contributed by atoms with Gasteiger partial charge in [-0.3, -0.25) is 4.79 Å². The lowest BCUT2D eigenvalue weighted by Crippen LogP contribution is -2.17. The molecule has 41 heavy (non-hydrogen) atoms.